The van der Waals surface area contributed by atoms with E-state index in [0.29, 0.717) is 33.9 Å². The van der Waals surface area contributed by atoms with Crippen LogP contribution in [-0.4, -0.2) is 18.4 Å². The van der Waals surface area contributed by atoms with E-state index in [0.717, 1.165) is 10.4 Å². The molecule has 0 saturated heterocycles. The molecule has 0 atom stereocenters. The zero-order chi connectivity index (χ0) is 19.7. The molecule has 8 heteroatoms. The van der Waals surface area contributed by atoms with E-state index in [9.17, 15) is 9.59 Å². The van der Waals surface area contributed by atoms with Crippen molar-refractivity contribution in [3.05, 3.63) is 51.4 Å². The fraction of sp³-hybridized carbons (Fsp3) is 0.211. The van der Waals surface area contributed by atoms with E-state index >= 15 is 0 Å². The molecule has 3 rings (SSSR count). The maximum absolute atomic E-state index is 11.9. The minimum atomic E-state index is -0.688. The van der Waals surface area contributed by atoms with Gasteiger partial charge in [-0.05, 0) is 38.5 Å². The summed E-state index contributed by atoms with van der Waals surface area (Å²) in [5.74, 6) is -0.755. The highest BCUT2D eigenvalue weighted by Crippen LogP contribution is 2.34. The van der Waals surface area contributed by atoms with Gasteiger partial charge in [0.15, 0.2) is 11.3 Å². The molecule has 27 heavy (non-hydrogen) atoms. The topological polar surface area (TPSA) is 121 Å². The maximum atomic E-state index is 11.9. The van der Waals surface area contributed by atoms with Gasteiger partial charge in [0, 0.05) is 10.3 Å². The Balaban J connectivity index is 2.36. The van der Waals surface area contributed by atoms with E-state index in [1.807, 2.05) is 13.8 Å². The zero-order valence-corrected chi connectivity index (χ0v) is 16.0. The van der Waals surface area contributed by atoms with E-state index < -0.39 is 11.8 Å². The van der Waals surface area contributed by atoms with Gasteiger partial charge in [0.1, 0.15) is 10.6 Å². The molecule has 0 aliphatic heterocycles. The number of rotatable bonds is 5. The summed E-state index contributed by atoms with van der Waals surface area (Å²) in [4.78, 5) is 29.1. The number of thiophene rings is 1. The van der Waals surface area contributed by atoms with Crippen molar-refractivity contribution in [1.82, 2.24) is 0 Å². The van der Waals surface area contributed by atoms with Crippen molar-refractivity contribution in [2.24, 2.45) is 16.5 Å². The first-order chi connectivity index (χ1) is 12.8. The molecule has 2 amide bonds. The van der Waals surface area contributed by atoms with Gasteiger partial charge >= 0.3 is 0 Å². The smallest absolute Gasteiger partial charge is 0.254 e. The number of para-hydroxylation sites is 1. The van der Waals surface area contributed by atoms with Crippen molar-refractivity contribution in [3.8, 4) is 5.75 Å². The molecule has 0 spiro atoms. The average Bonchev–Trinajstić information content (AvgIpc) is 2.89. The summed E-state index contributed by atoms with van der Waals surface area (Å²) >= 11 is 1.29. The molecule has 0 fully saturated rings. The van der Waals surface area contributed by atoms with Crippen molar-refractivity contribution in [2.45, 2.75) is 20.8 Å². The Hall–Kier alpha value is -3.13. The van der Waals surface area contributed by atoms with Gasteiger partial charge in [0.05, 0.1) is 12.2 Å². The molecule has 0 aliphatic rings. The number of amides is 2. The Bertz CT molecular complexity index is 1130. The summed E-state index contributed by atoms with van der Waals surface area (Å²) in [6.45, 7) is 5.97. The van der Waals surface area contributed by atoms with Crippen molar-refractivity contribution >= 4 is 39.1 Å². The normalized spacial score (nSPS) is 11.7. The van der Waals surface area contributed by atoms with Crippen LogP contribution in [0, 0.1) is 13.8 Å². The van der Waals surface area contributed by atoms with Gasteiger partial charge < -0.3 is 20.6 Å². The second kappa shape index (κ2) is 7.24. The quantitative estimate of drug-likeness (QED) is 0.701. The molecule has 2 aromatic heterocycles. The van der Waals surface area contributed by atoms with E-state index in [1.54, 1.807) is 31.2 Å². The number of hydrogen-bond acceptors (Lipinski definition) is 6. The van der Waals surface area contributed by atoms with Crippen LogP contribution in [0.1, 0.15) is 38.1 Å². The van der Waals surface area contributed by atoms with Crippen LogP contribution >= 0.6 is 11.3 Å². The second-order valence-electron chi connectivity index (χ2n) is 5.88. The minimum absolute atomic E-state index is 0.00547. The van der Waals surface area contributed by atoms with Crippen LogP contribution in [0.2, 0.25) is 0 Å². The van der Waals surface area contributed by atoms with E-state index in [4.69, 9.17) is 20.6 Å². The average molecular weight is 385 g/mol. The van der Waals surface area contributed by atoms with Crippen molar-refractivity contribution < 1.29 is 18.7 Å². The van der Waals surface area contributed by atoms with Crippen LogP contribution in [-0.2, 0) is 0 Å². The standard InChI is InChI=1S/C19H19N3O4S/c1-4-25-13-7-5-6-11-8-12(16(20)23)18(26-15(11)13)22-19-14(17(21)24)9(2)10(3)27-19/h5-8H,4H2,1-3H3,(H2,20,23)(H2,21,24). The highest BCUT2D eigenvalue weighted by Gasteiger charge is 2.18. The Labute approximate surface area is 159 Å². The number of hydrogen-bond donors (Lipinski definition) is 2. The number of primary amides is 2. The van der Waals surface area contributed by atoms with Crippen LogP contribution < -0.4 is 21.8 Å². The first-order valence-electron chi connectivity index (χ1n) is 8.27. The van der Waals surface area contributed by atoms with Gasteiger partial charge in [0.2, 0.25) is 5.55 Å². The number of nitrogens with zero attached hydrogens (tertiary/aromatic N) is 1. The largest absolute Gasteiger partial charge is 0.490 e. The van der Waals surface area contributed by atoms with Crippen molar-refractivity contribution in [2.75, 3.05) is 6.61 Å². The third-order valence-electron chi connectivity index (χ3n) is 4.12. The van der Waals surface area contributed by atoms with E-state index in [1.165, 1.54) is 11.3 Å². The number of ether oxygens (including phenoxy) is 1. The Morgan fingerprint density at radius 3 is 2.59 bits per heavy atom. The fourth-order valence-corrected chi connectivity index (χ4v) is 3.75. The lowest BCUT2D eigenvalue weighted by Crippen LogP contribution is -2.22. The predicted octanol–water partition coefficient (Wildman–Crippen LogP) is 2.94. The van der Waals surface area contributed by atoms with Gasteiger partial charge in [0.25, 0.3) is 11.8 Å². The predicted molar refractivity (Wildman–Crippen MR) is 103 cm³/mol. The Morgan fingerprint density at radius 1 is 1.22 bits per heavy atom. The molecular weight excluding hydrogens is 366 g/mol. The molecule has 140 valence electrons. The lowest BCUT2D eigenvalue weighted by molar-refractivity contribution is 0.0990. The van der Waals surface area contributed by atoms with Crippen LogP contribution in [0.15, 0.2) is 33.7 Å². The lowest BCUT2D eigenvalue weighted by Gasteiger charge is -2.07. The second-order valence-corrected chi connectivity index (χ2v) is 7.08. The van der Waals surface area contributed by atoms with Gasteiger partial charge in [-0.2, -0.15) is 0 Å². The number of fused-ring (bicyclic) bond motifs is 1. The molecular formula is C19H19N3O4S. The van der Waals surface area contributed by atoms with Gasteiger partial charge in [-0.25, -0.2) is 4.99 Å². The van der Waals surface area contributed by atoms with Crippen LogP contribution in [0.5, 0.6) is 5.75 Å². The molecule has 0 bridgehead atoms. The summed E-state index contributed by atoms with van der Waals surface area (Å²) in [5, 5.41) is 1.03. The van der Waals surface area contributed by atoms with Crippen molar-refractivity contribution in [3.63, 3.8) is 0 Å². The Morgan fingerprint density at radius 2 is 1.96 bits per heavy atom. The molecule has 3 aromatic rings. The first-order valence-corrected chi connectivity index (χ1v) is 9.09. The maximum Gasteiger partial charge on any atom is 0.254 e. The SMILES string of the molecule is CCOc1cccc2cc(C(N)=O)c(=Nc3sc(C)c(C)c3C(N)=O)oc12. The molecule has 0 saturated carbocycles. The van der Waals surface area contributed by atoms with Gasteiger partial charge in [-0.3, -0.25) is 9.59 Å². The van der Waals surface area contributed by atoms with Gasteiger partial charge in [-0.1, -0.05) is 12.1 Å². The van der Waals surface area contributed by atoms with Crippen LogP contribution in [0.3, 0.4) is 0 Å². The molecule has 0 unspecified atom stereocenters. The van der Waals surface area contributed by atoms with Crippen molar-refractivity contribution in [1.29, 1.82) is 0 Å². The summed E-state index contributed by atoms with van der Waals surface area (Å²) in [6.07, 6.45) is 0. The number of aryl methyl sites for hydroxylation is 1. The monoisotopic (exact) mass is 385 g/mol. The summed E-state index contributed by atoms with van der Waals surface area (Å²) in [6, 6.07) is 6.94. The third-order valence-corrected chi connectivity index (χ3v) is 5.22. The Kier molecular flexibility index (Phi) is 5.00. The first kappa shape index (κ1) is 18.7. The number of benzene rings is 1. The number of carbonyl (C=O) groups excluding carboxylic acids is 2. The third kappa shape index (κ3) is 3.43. The van der Waals surface area contributed by atoms with Crippen LogP contribution in [0.25, 0.3) is 11.0 Å². The molecule has 1 aromatic carbocycles. The molecule has 0 aliphatic carbocycles. The molecule has 2 heterocycles. The zero-order valence-electron chi connectivity index (χ0n) is 15.2. The lowest BCUT2D eigenvalue weighted by atomic mass is 10.1. The van der Waals surface area contributed by atoms with E-state index in [-0.39, 0.29) is 11.1 Å². The number of nitrogens with two attached hydrogens (primary N) is 2. The van der Waals surface area contributed by atoms with Crippen LogP contribution in [0.4, 0.5) is 5.00 Å². The number of carbonyl (C=O) groups is 2. The van der Waals surface area contributed by atoms with E-state index in [2.05, 4.69) is 4.99 Å². The fourth-order valence-electron chi connectivity index (χ4n) is 2.72. The highest BCUT2D eigenvalue weighted by molar-refractivity contribution is 7.16. The molecule has 0 radical (unpaired) electrons. The minimum Gasteiger partial charge on any atom is -0.490 e. The summed E-state index contributed by atoms with van der Waals surface area (Å²) < 4.78 is 11.5. The summed E-state index contributed by atoms with van der Waals surface area (Å²) in [5.41, 5.74) is 12.6. The highest BCUT2D eigenvalue weighted by atomic mass is 32.1. The summed E-state index contributed by atoms with van der Waals surface area (Å²) in [7, 11) is 0. The molecule has 4 N–H and O–H groups in total. The van der Waals surface area contributed by atoms with Gasteiger partial charge in [-0.15, -0.1) is 11.3 Å². The molecule has 7 nitrogen and oxygen atoms in total.